The van der Waals surface area contributed by atoms with Crippen molar-refractivity contribution in [2.45, 2.75) is 6.42 Å². The Balaban J connectivity index is 1.78. The van der Waals surface area contributed by atoms with Gasteiger partial charge in [-0.1, -0.05) is 35.6 Å². The number of hydrogen-bond donors (Lipinski definition) is 2. The van der Waals surface area contributed by atoms with E-state index in [0.717, 1.165) is 26.6 Å². The number of nitrogens with one attached hydrogen (secondary N) is 1. The van der Waals surface area contributed by atoms with Crippen LogP contribution in [0.5, 0.6) is 0 Å². The van der Waals surface area contributed by atoms with Gasteiger partial charge in [-0.05, 0) is 29.8 Å². The van der Waals surface area contributed by atoms with E-state index < -0.39 is 5.97 Å². The number of nitrogens with zero attached hydrogens (tertiary/aromatic N) is 1. The van der Waals surface area contributed by atoms with Gasteiger partial charge in [-0.3, -0.25) is 4.79 Å². The number of fused-ring (bicyclic) bond motifs is 1. The molecule has 5 heteroatoms. The second-order valence-corrected chi connectivity index (χ2v) is 5.41. The molecule has 0 aliphatic rings. The summed E-state index contributed by atoms with van der Waals surface area (Å²) in [6, 6.07) is 15.3. The lowest BCUT2D eigenvalue weighted by Crippen LogP contribution is -1.99. The monoisotopic (exact) mass is 284 g/mol. The lowest BCUT2D eigenvalue weighted by Gasteiger charge is -2.03. The van der Waals surface area contributed by atoms with Gasteiger partial charge < -0.3 is 10.4 Å². The predicted molar refractivity (Wildman–Crippen MR) is 80.7 cm³/mol. The summed E-state index contributed by atoms with van der Waals surface area (Å²) in [6.45, 7) is 0. The topological polar surface area (TPSA) is 62.2 Å². The molecule has 0 saturated carbocycles. The van der Waals surface area contributed by atoms with Crippen LogP contribution in [0.2, 0.25) is 0 Å². The highest BCUT2D eigenvalue weighted by atomic mass is 32.1. The molecule has 0 atom stereocenters. The maximum atomic E-state index is 10.6. The van der Waals surface area contributed by atoms with Crippen molar-refractivity contribution in [3.05, 3.63) is 54.1 Å². The summed E-state index contributed by atoms with van der Waals surface area (Å²) >= 11 is 1.59. The second kappa shape index (κ2) is 5.30. The molecule has 1 heterocycles. The predicted octanol–water partition coefficient (Wildman–Crippen LogP) is 3.67. The number of hydrogen-bond acceptors (Lipinski definition) is 4. The molecule has 0 amide bonds. The third kappa shape index (κ3) is 2.78. The third-order valence-electron chi connectivity index (χ3n) is 2.85. The molecular formula is C15H12N2O2S. The molecule has 4 nitrogen and oxygen atoms in total. The van der Waals surface area contributed by atoms with Crippen LogP contribution in [-0.4, -0.2) is 16.1 Å². The van der Waals surface area contributed by atoms with Crippen molar-refractivity contribution in [3.63, 3.8) is 0 Å². The first kappa shape index (κ1) is 12.6. The summed E-state index contributed by atoms with van der Waals surface area (Å²) in [5, 5.41) is 12.8. The summed E-state index contributed by atoms with van der Waals surface area (Å²) in [5.74, 6) is -0.822. The molecule has 0 unspecified atom stereocenters. The number of anilines is 2. The van der Waals surface area contributed by atoms with Gasteiger partial charge >= 0.3 is 5.97 Å². The van der Waals surface area contributed by atoms with Crippen LogP contribution < -0.4 is 5.32 Å². The zero-order valence-electron chi connectivity index (χ0n) is 10.5. The minimum absolute atomic E-state index is 0.0431. The summed E-state index contributed by atoms with van der Waals surface area (Å²) < 4.78 is 1.14. The molecule has 0 aliphatic carbocycles. The number of rotatable bonds is 4. The van der Waals surface area contributed by atoms with Crippen LogP contribution in [-0.2, 0) is 11.2 Å². The van der Waals surface area contributed by atoms with E-state index in [0.29, 0.717) is 0 Å². The van der Waals surface area contributed by atoms with E-state index in [1.165, 1.54) is 0 Å². The number of carboxylic acids is 1. The van der Waals surface area contributed by atoms with Gasteiger partial charge in [0.25, 0.3) is 0 Å². The van der Waals surface area contributed by atoms with Crippen molar-refractivity contribution in [2.24, 2.45) is 0 Å². The van der Waals surface area contributed by atoms with E-state index in [1.54, 1.807) is 11.3 Å². The normalized spacial score (nSPS) is 10.6. The first-order valence-corrected chi connectivity index (χ1v) is 6.96. The Morgan fingerprint density at radius 2 is 1.90 bits per heavy atom. The molecule has 2 aromatic carbocycles. The van der Waals surface area contributed by atoms with Gasteiger partial charge in [0.1, 0.15) is 0 Å². The minimum atomic E-state index is -0.822. The van der Waals surface area contributed by atoms with E-state index in [2.05, 4.69) is 10.3 Å². The van der Waals surface area contributed by atoms with Crippen LogP contribution in [0.25, 0.3) is 10.2 Å². The average Bonchev–Trinajstić information content (AvgIpc) is 2.82. The smallest absolute Gasteiger partial charge is 0.307 e. The molecule has 2 N–H and O–H groups in total. The van der Waals surface area contributed by atoms with E-state index in [9.17, 15) is 4.79 Å². The molecule has 0 saturated heterocycles. The van der Waals surface area contributed by atoms with E-state index in [4.69, 9.17) is 5.11 Å². The Hall–Kier alpha value is -2.40. The zero-order chi connectivity index (χ0) is 13.9. The number of para-hydroxylation sites is 1. The molecule has 3 rings (SSSR count). The Morgan fingerprint density at radius 3 is 2.60 bits per heavy atom. The fourth-order valence-corrected chi connectivity index (χ4v) is 2.82. The lowest BCUT2D eigenvalue weighted by molar-refractivity contribution is -0.136. The summed E-state index contributed by atoms with van der Waals surface area (Å²) in [6.07, 6.45) is 0.0431. The van der Waals surface area contributed by atoms with Crippen molar-refractivity contribution in [2.75, 3.05) is 5.32 Å². The van der Waals surface area contributed by atoms with Crippen LogP contribution in [0.3, 0.4) is 0 Å². The van der Waals surface area contributed by atoms with Crippen molar-refractivity contribution < 1.29 is 9.90 Å². The van der Waals surface area contributed by atoms with E-state index in [-0.39, 0.29) is 6.42 Å². The largest absolute Gasteiger partial charge is 0.481 e. The maximum Gasteiger partial charge on any atom is 0.307 e. The first-order chi connectivity index (χ1) is 9.70. The fraction of sp³-hybridized carbons (Fsp3) is 0.0667. The number of aromatic nitrogens is 1. The third-order valence-corrected chi connectivity index (χ3v) is 3.81. The molecule has 0 spiro atoms. The molecule has 1 aromatic heterocycles. The van der Waals surface area contributed by atoms with Gasteiger partial charge in [-0.25, -0.2) is 4.98 Å². The summed E-state index contributed by atoms with van der Waals surface area (Å²) in [5.41, 5.74) is 2.66. The second-order valence-electron chi connectivity index (χ2n) is 4.38. The maximum absolute atomic E-state index is 10.6. The van der Waals surface area contributed by atoms with Crippen LogP contribution in [0.1, 0.15) is 5.56 Å². The number of aliphatic carboxylic acids is 1. The molecule has 100 valence electrons. The Morgan fingerprint density at radius 1 is 1.15 bits per heavy atom. The highest BCUT2D eigenvalue weighted by Crippen LogP contribution is 2.28. The van der Waals surface area contributed by atoms with Gasteiger partial charge in [0.05, 0.1) is 16.6 Å². The number of thiazole rings is 1. The molecule has 0 fully saturated rings. The SMILES string of the molecule is O=C(O)Cc1ccc(Nc2nc3ccccc3s2)cc1. The van der Waals surface area contributed by atoms with Crippen LogP contribution in [0.15, 0.2) is 48.5 Å². The van der Waals surface area contributed by atoms with Crippen LogP contribution >= 0.6 is 11.3 Å². The van der Waals surface area contributed by atoms with Gasteiger partial charge in [-0.2, -0.15) is 0 Å². The molecule has 0 aliphatic heterocycles. The Bertz CT molecular complexity index is 717. The lowest BCUT2D eigenvalue weighted by atomic mass is 10.1. The molecular weight excluding hydrogens is 272 g/mol. The summed E-state index contributed by atoms with van der Waals surface area (Å²) in [4.78, 5) is 15.1. The molecule has 0 bridgehead atoms. The summed E-state index contributed by atoms with van der Waals surface area (Å²) in [7, 11) is 0. The number of benzene rings is 2. The Kier molecular flexibility index (Phi) is 3.35. The number of carbonyl (C=O) groups is 1. The fourth-order valence-electron chi connectivity index (χ4n) is 1.93. The quantitative estimate of drug-likeness (QED) is 0.767. The van der Waals surface area contributed by atoms with Crippen molar-refractivity contribution in [3.8, 4) is 0 Å². The van der Waals surface area contributed by atoms with Gasteiger partial charge in [0, 0.05) is 5.69 Å². The molecule has 20 heavy (non-hydrogen) atoms. The first-order valence-electron chi connectivity index (χ1n) is 6.14. The molecule has 0 radical (unpaired) electrons. The van der Waals surface area contributed by atoms with Crippen molar-refractivity contribution in [1.82, 2.24) is 4.98 Å². The van der Waals surface area contributed by atoms with Crippen LogP contribution in [0, 0.1) is 0 Å². The Labute approximate surface area is 119 Å². The van der Waals surface area contributed by atoms with Crippen molar-refractivity contribution >= 4 is 38.3 Å². The van der Waals surface area contributed by atoms with Gasteiger partial charge in [0.2, 0.25) is 0 Å². The van der Waals surface area contributed by atoms with Crippen LogP contribution in [0.4, 0.5) is 10.8 Å². The minimum Gasteiger partial charge on any atom is -0.481 e. The van der Waals surface area contributed by atoms with E-state index >= 15 is 0 Å². The van der Waals surface area contributed by atoms with Gasteiger partial charge in [0.15, 0.2) is 5.13 Å². The highest BCUT2D eigenvalue weighted by Gasteiger charge is 2.04. The average molecular weight is 284 g/mol. The molecule has 3 aromatic rings. The zero-order valence-corrected chi connectivity index (χ0v) is 11.4. The standard InChI is InChI=1S/C15H12N2O2S/c18-14(19)9-10-5-7-11(8-6-10)16-15-17-12-3-1-2-4-13(12)20-15/h1-8H,9H2,(H,16,17)(H,18,19). The van der Waals surface area contributed by atoms with E-state index in [1.807, 2.05) is 48.5 Å². The van der Waals surface area contributed by atoms with Gasteiger partial charge in [-0.15, -0.1) is 0 Å². The van der Waals surface area contributed by atoms with Crippen molar-refractivity contribution in [1.29, 1.82) is 0 Å². The number of carboxylic acid groups (broad SMARTS) is 1. The highest BCUT2D eigenvalue weighted by molar-refractivity contribution is 7.22.